The molecule has 1 aliphatic heterocycles. The molecular formula is C7H13NS. The van der Waals surface area contributed by atoms with Gasteiger partial charge in [0.05, 0.1) is 11.1 Å². The Morgan fingerprint density at radius 2 is 2.33 bits per heavy atom. The Labute approximate surface area is 60.9 Å². The predicted molar refractivity (Wildman–Crippen MR) is 44.2 cm³/mol. The van der Waals surface area contributed by atoms with Crippen molar-refractivity contribution in [2.24, 2.45) is 10.9 Å². The smallest absolute Gasteiger partial charge is 0.0705 e. The molecule has 2 heteroatoms. The molecular weight excluding hydrogens is 130 g/mol. The Morgan fingerprint density at radius 3 is 2.56 bits per heavy atom. The average molecular weight is 143 g/mol. The third-order valence-electron chi connectivity index (χ3n) is 1.31. The molecule has 0 amide bonds. The third kappa shape index (κ3) is 1.71. The minimum absolute atomic E-state index is 0.562. The highest BCUT2D eigenvalue weighted by molar-refractivity contribution is 8.14. The van der Waals surface area contributed by atoms with Crippen molar-refractivity contribution in [1.29, 1.82) is 0 Å². The minimum atomic E-state index is 0.562. The maximum atomic E-state index is 4.47. The van der Waals surface area contributed by atoms with E-state index in [9.17, 15) is 0 Å². The molecule has 52 valence electrons. The summed E-state index contributed by atoms with van der Waals surface area (Å²) in [5, 5.41) is 1.34. The normalized spacial score (nSPS) is 27.1. The molecule has 1 rings (SSSR count). The molecule has 1 nitrogen and oxygen atoms in total. The molecule has 0 radical (unpaired) electrons. The third-order valence-corrected chi connectivity index (χ3v) is 2.84. The van der Waals surface area contributed by atoms with Crippen LogP contribution in [-0.2, 0) is 0 Å². The molecule has 1 unspecified atom stereocenters. The quantitative estimate of drug-likeness (QED) is 0.548. The van der Waals surface area contributed by atoms with E-state index in [4.69, 9.17) is 0 Å². The highest BCUT2D eigenvalue weighted by Gasteiger charge is 2.15. The van der Waals surface area contributed by atoms with Gasteiger partial charge in [0.2, 0.25) is 0 Å². The molecule has 0 aromatic rings. The maximum absolute atomic E-state index is 4.47. The number of nitrogens with zero attached hydrogens (tertiary/aromatic N) is 1. The van der Waals surface area contributed by atoms with Crippen LogP contribution in [0, 0.1) is 5.92 Å². The first kappa shape index (κ1) is 7.13. The summed E-state index contributed by atoms with van der Waals surface area (Å²) in [6.45, 7) is 6.57. The summed E-state index contributed by atoms with van der Waals surface area (Å²) in [4.78, 5) is 4.47. The van der Waals surface area contributed by atoms with E-state index in [1.807, 2.05) is 11.8 Å². The first-order chi connectivity index (χ1) is 4.20. The molecule has 0 saturated carbocycles. The van der Waals surface area contributed by atoms with Gasteiger partial charge in [-0.05, 0) is 6.92 Å². The van der Waals surface area contributed by atoms with Crippen LogP contribution in [0.2, 0.25) is 0 Å². The molecule has 0 N–H and O–H groups in total. The lowest BCUT2D eigenvalue weighted by Gasteiger charge is -1.99. The monoisotopic (exact) mass is 143 g/mol. The highest BCUT2D eigenvalue weighted by atomic mass is 32.2. The number of hydrogen-bond acceptors (Lipinski definition) is 2. The second kappa shape index (κ2) is 2.74. The van der Waals surface area contributed by atoms with E-state index in [1.54, 1.807) is 0 Å². The second-order valence-corrected chi connectivity index (χ2v) is 3.82. The van der Waals surface area contributed by atoms with Crippen LogP contribution in [0.3, 0.4) is 0 Å². The van der Waals surface area contributed by atoms with Crippen molar-refractivity contribution in [2.45, 2.75) is 26.8 Å². The van der Waals surface area contributed by atoms with Crippen molar-refractivity contribution in [2.75, 3.05) is 5.75 Å². The fourth-order valence-corrected chi connectivity index (χ4v) is 1.89. The zero-order chi connectivity index (χ0) is 6.85. The van der Waals surface area contributed by atoms with Gasteiger partial charge in [-0.3, -0.25) is 4.99 Å². The molecule has 0 spiro atoms. The lowest BCUT2D eigenvalue weighted by molar-refractivity contribution is 0.834. The minimum Gasteiger partial charge on any atom is -0.279 e. The Balaban J connectivity index is 2.52. The van der Waals surface area contributed by atoms with Crippen LogP contribution in [0.15, 0.2) is 4.99 Å². The van der Waals surface area contributed by atoms with Gasteiger partial charge in [-0.15, -0.1) is 11.8 Å². The summed E-state index contributed by atoms with van der Waals surface area (Å²) in [5.41, 5.74) is 0. The standard InChI is InChI=1S/C7H13NS/c1-5(2)7-8-6(3)4-9-7/h5-6H,4H2,1-3H3. The molecule has 0 aliphatic carbocycles. The van der Waals surface area contributed by atoms with Crippen molar-refractivity contribution >= 4 is 16.8 Å². The number of aliphatic imine (C=N–C) groups is 1. The zero-order valence-corrected chi connectivity index (χ0v) is 7.03. The summed E-state index contributed by atoms with van der Waals surface area (Å²) in [7, 11) is 0. The molecule has 1 heterocycles. The number of rotatable bonds is 1. The van der Waals surface area contributed by atoms with Crippen LogP contribution >= 0.6 is 11.8 Å². The summed E-state index contributed by atoms with van der Waals surface area (Å²) in [6.07, 6.45) is 0. The first-order valence-electron chi connectivity index (χ1n) is 3.40. The highest BCUT2D eigenvalue weighted by Crippen LogP contribution is 2.22. The van der Waals surface area contributed by atoms with E-state index in [-0.39, 0.29) is 0 Å². The Bertz CT molecular complexity index is 129. The van der Waals surface area contributed by atoms with E-state index in [0.717, 1.165) is 0 Å². The van der Waals surface area contributed by atoms with Crippen LogP contribution in [0.4, 0.5) is 0 Å². The van der Waals surface area contributed by atoms with Crippen LogP contribution in [0.25, 0.3) is 0 Å². The van der Waals surface area contributed by atoms with Crippen LogP contribution in [0.5, 0.6) is 0 Å². The molecule has 0 bridgehead atoms. The van der Waals surface area contributed by atoms with Gasteiger partial charge < -0.3 is 0 Å². The fourth-order valence-electron chi connectivity index (χ4n) is 0.813. The Morgan fingerprint density at radius 1 is 1.67 bits per heavy atom. The van der Waals surface area contributed by atoms with E-state index in [2.05, 4.69) is 25.8 Å². The summed E-state index contributed by atoms with van der Waals surface area (Å²) >= 11 is 1.91. The summed E-state index contributed by atoms with van der Waals surface area (Å²) in [5.74, 6) is 1.83. The molecule has 9 heavy (non-hydrogen) atoms. The van der Waals surface area contributed by atoms with E-state index in [1.165, 1.54) is 10.8 Å². The van der Waals surface area contributed by atoms with Gasteiger partial charge >= 0.3 is 0 Å². The van der Waals surface area contributed by atoms with Crippen molar-refractivity contribution < 1.29 is 0 Å². The molecule has 1 aliphatic rings. The summed E-state index contributed by atoms with van der Waals surface area (Å²) in [6, 6.07) is 0.562. The second-order valence-electron chi connectivity index (χ2n) is 2.78. The molecule has 0 fully saturated rings. The van der Waals surface area contributed by atoms with Crippen LogP contribution < -0.4 is 0 Å². The lowest BCUT2D eigenvalue weighted by atomic mass is 10.2. The van der Waals surface area contributed by atoms with Crippen LogP contribution in [-0.4, -0.2) is 16.8 Å². The first-order valence-corrected chi connectivity index (χ1v) is 4.39. The van der Waals surface area contributed by atoms with E-state index in [0.29, 0.717) is 12.0 Å². The van der Waals surface area contributed by atoms with Gasteiger partial charge in [0.1, 0.15) is 0 Å². The zero-order valence-electron chi connectivity index (χ0n) is 6.22. The van der Waals surface area contributed by atoms with Gasteiger partial charge in [0.15, 0.2) is 0 Å². The van der Waals surface area contributed by atoms with Gasteiger partial charge in [0.25, 0.3) is 0 Å². The molecule has 0 aromatic heterocycles. The molecule has 0 aromatic carbocycles. The summed E-state index contributed by atoms with van der Waals surface area (Å²) < 4.78 is 0. The Kier molecular flexibility index (Phi) is 2.17. The van der Waals surface area contributed by atoms with E-state index < -0.39 is 0 Å². The van der Waals surface area contributed by atoms with Gasteiger partial charge in [0, 0.05) is 11.7 Å². The van der Waals surface area contributed by atoms with Crippen molar-refractivity contribution in [3.05, 3.63) is 0 Å². The van der Waals surface area contributed by atoms with Gasteiger partial charge in [-0.1, -0.05) is 13.8 Å². The number of hydrogen-bond donors (Lipinski definition) is 0. The van der Waals surface area contributed by atoms with E-state index >= 15 is 0 Å². The lowest BCUT2D eigenvalue weighted by Crippen LogP contribution is -1.98. The number of thioether (sulfide) groups is 1. The van der Waals surface area contributed by atoms with Crippen molar-refractivity contribution in [3.63, 3.8) is 0 Å². The van der Waals surface area contributed by atoms with Gasteiger partial charge in [-0.25, -0.2) is 0 Å². The van der Waals surface area contributed by atoms with Gasteiger partial charge in [-0.2, -0.15) is 0 Å². The van der Waals surface area contributed by atoms with Crippen molar-refractivity contribution in [1.82, 2.24) is 0 Å². The average Bonchev–Trinajstić information content (AvgIpc) is 2.14. The topological polar surface area (TPSA) is 12.4 Å². The fraction of sp³-hybridized carbons (Fsp3) is 0.857. The Hall–Kier alpha value is 0.0200. The molecule has 1 atom stereocenters. The van der Waals surface area contributed by atoms with Crippen molar-refractivity contribution in [3.8, 4) is 0 Å². The molecule has 0 saturated heterocycles. The maximum Gasteiger partial charge on any atom is 0.0705 e. The SMILES string of the molecule is CC1CSC(C(C)C)=N1. The van der Waals surface area contributed by atoms with Crippen LogP contribution in [0.1, 0.15) is 20.8 Å². The predicted octanol–water partition coefficient (Wildman–Crippen LogP) is 2.18. The largest absolute Gasteiger partial charge is 0.279 e.